The molecule has 2 heterocycles. The number of amides is 1. The first-order chi connectivity index (χ1) is 12.7. The molecule has 1 amide bonds. The first-order valence-corrected chi connectivity index (χ1v) is 9.12. The maximum Gasteiger partial charge on any atom is 0.272 e. The molecule has 6 heteroatoms. The Hall–Kier alpha value is -2.47. The third-order valence-corrected chi connectivity index (χ3v) is 4.77. The fourth-order valence-corrected chi connectivity index (χ4v) is 3.10. The number of piperazine rings is 1. The van der Waals surface area contributed by atoms with Gasteiger partial charge in [-0.2, -0.15) is 0 Å². The molecule has 1 aromatic carbocycles. The van der Waals surface area contributed by atoms with Crippen LogP contribution >= 0.6 is 0 Å². The lowest BCUT2D eigenvalue weighted by molar-refractivity contribution is 0.0637. The monoisotopic (exact) mass is 356 g/mol. The molecule has 0 spiro atoms. The summed E-state index contributed by atoms with van der Waals surface area (Å²) in [5.74, 6) is -0.199. The van der Waals surface area contributed by atoms with Crippen LogP contribution in [-0.2, 0) is 6.42 Å². The fraction of sp³-hybridized carbons (Fsp3) is 0.400. The Morgan fingerprint density at radius 3 is 2.58 bits per heavy atom. The van der Waals surface area contributed by atoms with Crippen LogP contribution in [0.4, 0.5) is 10.1 Å². The van der Waals surface area contributed by atoms with Gasteiger partial charge in [0.1, 0.15) is 11.5 Å². The van der Waals surface area contributed by atoms with Crippen molar-refractivity contribution in [3.8, 4) is 0 Å². The normalized spacial score (nSPS) is 15.1. The van der Waals surface area contributed by atoms with Crippen LogP contribution in [0, 0.1) is 5.82 Å². The van der Waals surface area contributed by atoms with E-state index >= 15 is 0 Å². The summed E-state index contributed by atoms with van der Waals surface area (Å²) in [5.41, 5.74) is 1.98. The average Bonchev–Trinajstić information content (AvgIpc) is 2.69. The van der Waals surface area contributed by atoms with Gasteiger partial charge in [0.25, 0.3) is 5.91 Å². The second-order valence-electron chi connectivity index (χ2n) is 6.43. The lowest BCUT2D eigenvalue weighted by atomic mass is 10.1. The highest BCUT2D eigenvalue weighted by Crippen LogP contribution is 2.12. The predicted molar refractivity (Wildman–Crippen MR) is 101 cm³/mol. The smallest absolute Gasteiger partial charge is 0.272 e. The topological polar surface area (TPSA) is 48.5 Å². The molecule has 0 radical (unpaired) electrons. The summed E-state index contributed by atoms with van der Waals surface area (Å²) in [6.07, 6.45) is 2.26. The third kappa shape index (κ3) is 4.58. The number of hydrogen-bond donors (Lipinski definition) is 1. The summed E-state index contributed by atoms with van der Waals surface area (Å²) in [7, 11) is 0. The zero-order chi connectivity index (χ0) is 18.4. The number of halogens is 1. The quantitative estimate of drug-likeness (QED) is 0.864. The lowest BCUT2D eigenvalue weighted by Gasteiger charge is -2.33. The van der Waals surface area contributed by atoms with E-state index in [2.05, 4.69) is 22.1 Å². The summed E-state index contributed by atoms with van der Waals surface area (Å²) in [5, 5.41) is 3.22. The minimum absolute atomic E-state index is 0.0151. The Balaban J connectivity index is 1.50. The van der Waals surface area contributed by atoms with Crippen molar-refractivity contribution in [1.29, 1.82) is 0 Å². The van der Waals surface area contributed by atoms with Gasteiger partial charge < -0.3 is 15.1 Å². The molecule has 0 bridgehead atoms. The largest absolute Gasteiger partial charge is 0.383 e. The maximum atomic E-state index is 13.6. The van der Waals surface area contributed by atoms with Gasteiger partial charge in [0, 0.05) is 32.7 Å². The number of aromatic nitrogens is 1. The molecule has 3 rings (SSSR count). The SMILES string of the molecule is CCN1CCN(C(=O)c2ccc(NCCc3ccccc3F)cn2)CC1. The molecule has 0 atom stereocenters. The molecule has 1 N–H and O–H groups in total. The van der Waals surface area contributed by atoms with Gasteiger partial charge in [-0.25, -0.2) is 9.37 Å². The number of hydrogen-bond acceptors (Lipinski definition) is 4. The van der Waals surface area contributed by atoms with Crippen LogP contribution in [0.3, 0.4) is 0 Å². The molecule has 1 aromatic heterocycles. The number of nitrogens with zero attached hydrogens (tertiary/aromatic N) is 3. The van der Waals surface area contributed by atoms with Crippen LogP contribution in [0.25, 0.3) is 0 Å². The van der Waals surface area contributed by atoms with Crippen molar-refractivity contribution in [2.24, 2.45) is 0 Å². The number of nitrogens with one attached hydrogen (secondary N) is 1. The molecule has 5 nitrogen and oxygen atoms in total. The van der Waals surface area contributed by atoms with Crippen LogP contribution in [-0.4, -0.2) is 60.0 Å². The van der Waals surface area contributed by atoms with Gasteiger partial charge in [0.05, 0.1) is 11.9 Å². The fourth-order valence-electron chi connectivity index (χ4n) is 3.10. The average molecular weight is 356 g/mol. The van der Waals surface area contributed by atoms with Crippen molar-refractivity contribution >= 4 is 11.6 Å². The lowest BCUT2D eigenvalue weighted by Crippen LogP contribution is -2.48. The molecular weight excluding hydrogens is 331 g/mol. The van der Waals surface area contributed by atoms with Crippen molar-refractivity contribution in [1.82, 2.24) is 14.8 Å². The Bertz CT molecular complexity index is 727. The molecule has 138 valence electrons. The van der Waals surface area contributed by atoms with Gasteiger partial charge in [-0.3, -0.25) is 4.79 Å². The second kappa shape index (κ2) is 8.76. The summed E-state index contributed by atoms with van der Waals surface area (Å²) < 4.78 is 13.6. The summed E-state index contributed by atoms with van der Waals surface area (Å²) in [6.45, 7) is 7.09. The highest BCUT2D eigenvalue weighted by atomic mass is 19.1. The van der Waals surface area contributed by atoms with Gasteiger partial charge in [-0.1, -0.05) is 25.1 Å². The van der Waals surface area contributed by atoms with Gasteiger partial charge in [0.2, 0.25) is 0 Å². The number of pyridine rings is 1. The molecule has 1 aliphatic rings. The number of carbonyl (C=O) groups is 1. The number of benzene rings is 1. The number of anilines is 1. The molecule has 0 aliphatic carbocycles. The first kappa shape index (κ1) is 18.3. The van der Waals surface area contributed by atoms with Crippen molar-refractivity contribution in [3.05, 3.63) is 59.7 Å². The molecule has 0 unspecified atom stereocenters. The minimum Gasteiger partial charge on any atom is -0.383 e. The Kier molecular flexibility index (Phi) is 6.17. The van der Waals surface area contributed by atoms with E-state index in [0.717, 1.165) is 38.4 Å². The van der Waals surface area contributed by atoms with E-state index in [1.165, 1.54) is 6.07 Å². The third-order valence-electron chi connectivity index (χ3n) is 4.77. The molecule has 1 fully saturated rings. The number of carbonyl (C=O) groups excluding carboxylic acids is 1. The van der Waals surface area contributed by atoms with E-state index in [1.807, 2.05) is 17.0 Å². The van der Waals surface area contributed by atoms with E-state index in [9.17, 15) is 9.18 Å². The van der Waals surface area contributed by atoms with Crippen molar-refractivity contribution in [2.75, 3.05) is 44.6 Å². The van der Waals surface area contributed by atoms with Gasteiger partial charge in [0.15, 0.2) is 0 Å². The van der Waals surface area contributed by atoms with E-state index in [1.54, 1.807) is 24.4 Å². The standard InChI is InChI=1S/C20H25FN4O/c1-2-24-11-13-25(14-12-24)20(26)19-8-7-17(15-23-19)22-10-9-16-5-3-4-6-18(16)21/h3-8,15,22H,2,9-14H2,1H3. The molecule has 2 aromatic rings. The van der Waals surface area contributed by atoms with Crippen molar-refractivity contribution in [3.63, 3.8) is 0 Å². The van der Waals surface area contributed by atoms with Gasteiger partial charge >= 0.3 is 0 Å². The highest BCUT2D eigenvalue weighted by Gasteiger charge is 2.21. The Morgan fingerprint density at radius 1 is 1.15 bits per heavy atom. The van der Waals surface area contributed by atoms with E-state index in [0.29, 0.717) is 24.2 Å². The predicted octanol–water partition coefficient (Wildman–Crippen LogP) is 2.65. The number of rotatable bonds is 6. The van der Waals surface area contributed by atoms with E-state index < -0.39 is 0 Å². The van der Waals surface area contributed by atoms with E-state index in [-0.39, 0.29) is 11.7 Å². The maximum absolute atomic E-state index is 13.6. The van der Waals surface area contributed by atoms with Gasteiger partial charge in [-0.15, -0.1) is 0 Å². The summed E-state index contributed by atoms with van der Waals surface area (Å²) >= 11 is 0. The first-order valence-electron chi connectivity index (χ1n) is 9.12. The van der Waals surface area contributed by atoms with Crippen LogP contribution in [0.2, 0.25) is 0 Å². The summed E-state index contributed by atoms with van der Waals surface area (Å²) in [4.78, 5) is 21.0. The van der Waals surface area contributed by atoms with Gasteiger partial charge in [-0.05, 0) is 36.7 Å². The van der Waals surface area contributed by atoms with Crippen LogP contribution in [0.1, 0.15) is 23.0 Å². The minimum atomic E-state index is -0.184. The van der Waals surface area contributed by atoms with Crippen LogP contribution < -0.4 is 5.32 Å². The molecular formula is C20H25FN4O. The van der Waals surface area contributed by atoms with E-state index in [4.69, 9.17) is 0 Å². The zero-order valence-corrected chi connectivity index (χ0v) is 15.1. The molecule has 1 aliphatic heterocycles. The highest BCUT2D eigenvalue weighted by molar-refractivity contribution is 5.92. The zero-order valence-electron chi connectivity index (χ0n) is 15.1. The van der Waals surface area contributed by atoms with Crippen molar-refractivity contribution < 1.29 is 9.18 Å². The van der Waals surface area contributed by atoms with Crippen LogP contribution in [0.15, 0.2) is 42.6 Å². The Morgan fingerprint density at radius 2 is 1.92 bits per heavy atom. The van der Waals surface area contributed by atoms with Crippen LogP contribution in [0.5, 0.6) is 0 Å². The summed E-state index contributed by atoms with van der Waals surface area (Å²) in [6, 6.07) is 10.4. The second-order valence-corrected chi connectivity index (χ2v) is 6.43. The molecule has 26 heavy (non-hydrogen) atoms. The van der Waals surface area contributed by atoms with Crippen molar-refractivity contribution in [2.45, 2.75) is 13.3 Å². The number of likely N-dealkylation sites (N-methyl/N-ethyl adjacent to an activating group) is 1. The molecule has 1 saturated heterocycles. The molecule has 0 saturated carbocycles. The Labute approximate surface area is 153 Å².